The molecule has 9 heteroatoms. The summed E-state index contributed by atoms with van der Waals surface area (Å²) in [5, 5.41) is 0. The molecule has 0 bridgehead atoms. The van der Waals surface area contributed by atoms with Crippen molar-refractivity contribution in [3.05, 3.63) is 60.7 Å². The minimum absolute atomic E-state index is 0.404. The van der Waals surface area contributed by atoms with E-state index in [9.17, 15) is 0 Å². The fourth-order valence-electron chi connectivity index (χ4n) is 2.68. The number of hydrogen-bond donors (Lipinski definition) is 0. The third-order valence-corrected chi connectivity index (χ3v) is 10.8. The minimum atomic E-state index is -3.08. The van der Waals surface area contributed by atoms with Gasteiger partial charge in [-0.2, -0.15) is 4.74 Å². The maximum absolute atomic E-state index is 6.28. The first-order valence-electron chi connectivity index (χ1n) is 9.76. The molecule has 0 saturated carbocycles. The van der Waals surface area contributed by atoms with Gasteiger partial charge in [0.25, 0.3) is 6.64 Å². The molecule has 0 aliphatic carbocycles. The fourth-order valence-corrected chi connectivity index (χ4v) is 9.66. The molecular weight excluding hydrogens is 426 g/mol. The maximum atomic E-state index is 6.28. The zero-order valence-electron chi connectivity index (χ0n) is 17.4. The van der Waals surface area contributed by atoms with E-state index in [2.05, 4.69) is 0 Å². The second-order valence-corrected chi connectivity index (χ2v) is 11.3. The zero-order valence-corrected chi connectivity index (χ0v) is 20.0. The van der Waals surface area contributed by atoms with Gasteiger partial charge in [0, 0.05) is 0 Å². The maximum Gasteiger partial charge on any atom is 0.329 e. The Labute approximate surface area is 179 Å². The molecule has 0 aromatic heterocycles. The average Bonchev–Trinajstić information content (AvgIpc) is 2.70. The third kappa shape index (κ3) is 6.22. The van der Waals surface area contributed by atoms with Crippen molar-refractivity contribution in [3.8, 4) is 0 Å². The van der Waals surface area contributed by atoms with Crippen LogP contribution in [0.3, 0.4) is 0 Å². The highest BCUT2D eigenvalue weighted by molar-refractivity contribution is 8.13. The monoisotopic (exact) mass is 456 g/mol. The molecule has 0 amide bonds. The highest BCUT2D eigenvalue weighted by Gasteiger charge is 2.43. The van der Waals surface area contributed by atoms with Crippen LogP contribution >= 0.6 is 14.3 Å². The van der Waals surface area contributed by atoms with Crippen molar-refractivity contribution in [2.75, 3.05) is 30.9 Å². The third-order valence-electron chi connectivity index (χ3n) is 3.64. The summed E-state index contributed by atoms with van der Waals surface area (Å²) in [6.07, 6.45) is 0. The minimum Gasteiger partial charge on any atom is -0.314 e. The Morgan fingerprint density at radius 3 is 1.62 bits per heavy atom. The fraction of sp³-hybridized carbons (Fsp3) is 0.400. The molecule has 0 radical (unpaired) electrons. The lowest BCUT2D eigenvalue weighted by Crippen LogP contribution is -2.23. The van der Waals surface area contributed by atoms with Crippen LogP contribution in [0.2, 0.25) is 0 Å². The number of para-hydroxylation sites is 1. The molecule has 2 aromatic rings. The van der Waals surface area contributed by atoms with Crippen LogP contribution in [0.4, 0.5) is 11.4 Å². The van der Waals surface area contributed by atoms with Crippen molar-refractivity contribution in [3.63, 3.8) is 0 Å². The highest BCUT2D eigenvalue weighted by Crippen LogP contribution is 2.72. The molecule has 160 valence electrons. The summed E-state index contributed by atoms with van der Waals surface area (Å²) in [5.41, 5.74) is 1.55. The number of nitrogens with zero attached hydrogens (tertiary/aromatic N) is 2. The molecular formula is C20H30N2O4P2S. The Kier molecular flexibility index (Phi) is 10.0. The molecule has 0 saturated heterocycles. The molecule has 0 atom stereocenters. The van der Waals surface area contributed by atoms with Crippen molar-refractivity contribution in [2.45, 2.75) is 27.7 Å². The van der Waals surface area contributed by atoms with E-state index in [0.717, 1.165) is 11.4 Å². The Morgan fingerprint density at radius 1 is 0.724 bits per heavy atom. The van der Waals surface area contributed by atoms with Gasteiger partial charge in [0.1, 0.15) is 0 Å². The van der Waals surface area contributed by atoms with E-state index in [1.807, 2.05) is 92.8 Å². The SMILES string of the molecule is CCOP(=S)(OCC)N(c1ccccc1)P(=Nc1ccccc1)(OCC)OCC. The van der Waals surface area contributed by atoms with E-state index in [0.29, 0.717) is 26.4 Å². The van der Waals surface area contributed by atoms with Gasteiger partial charge in [-0.1, -0.05) is 36.4 Å². The molecule has 0 N–H and O–H groups in total. The van der Waals surface area contributed by atoms with Crippen LogP contribution in [-0.2, 0) is 29.9 Å². The molecule has 0 spiro atoms. The number of benzene rings is 2. The van der Waals surface area contributed by atoms with E-state index in [-0.39, 0.29) is 0 Å². The molecule has 0 aliphatic heterocycles. The van der Waals surface area contributed by atoms with E-state index in [1.165, 1.54) is 0 Å². The van der Waals surface area contributed by atoms with Crippen molar-refractivity contribution < 1.29 is 18.1 Å². The summed E-state index contributed by atoms with van der Waals surface area (Å²) < 4.78 is 31.5. The first-order chi connectivity index (χ1) is 14.0. The van der Waals surface area contributed by atoms with Crippen LogP contribution in [-0.4, -0.2) is 26.4 Å². The van der Waals surface area contributed by atoms with Gasteiger partial charge < -0.3 is 18.1 Å². The Balaban J connectivity index is 2.82. The van der Waals surface area contributed by atoms with E-state index < -0.39 is 14.3 Å². The first kappa shape index (κ1) is 24.2. The molecule has 29 heavy (non-hydrogen) atoms. The molecule has 0 unspecified atom stereocenters. The van der Waals surface area contributed by atoms with Crippen LogP contribution in [0.5, 0.6) is 0 Å². The molecule has 6 nitrogen and oxygen atoms in total. The van der Waals surface area contributed by atoms with Gasteiger partial charge in [-0.25, -0.2) is 4.44 Å². The Morgan fingerprint density at radius 2 is 1.17 bits per heavy atom. The number of rotatable bonds is 12. The summed E-state index contributed by atoms with van der Waals surface area (Å²) in [7, 11) is -3.08. The molecule has 0 aliphatic rings. The molecule has 2 rings (SSSR count). The molecule has 0 heterocycles. The van der Waals surface area contributed by atoms with Crippen LogP contribution in [0, 0.1) is 0 Å². The van der Waals surface area contributed by atoms with Crippen molar-refractivity contribution in [2.24, 2.45) is 4.74 Å². The summed E-state index contributed by atoms with van der Waals surface area (Å²) in [4.78, 5) is 0. The van der Waals surface area contributed by atoms with Crippen molar-refractivity contribution >= 4 is 37.5 Å². The van der Waals surface area contributed by atoms with Gasteiger partial charge in [0.2, 0.25) is 0 Å². The van der Waals surface area contributed by atoms with Crippen LogP contribution in [0.1, 0.15) is 27.7 Å². The smallest absolute Gasteiger partial charge is 0.314 e. The standard InChI is InChI=1S/C20H30N2O4P2S/c1-5-23-27(24-6-2,21-19-15-11-9-12-16-19)22(20-17-13-10-14-18-20)28(29,25-7-3)26-8-4/h9-18H,5-8H2,1-4H3. The van der Waals surface area contributed by atoms with Gasteiger partial charge in [0.05, 0.1) is 37.8 Å². The lowest BCUT2D eigenvalue weighted by molar-refractivity contribution is 0.247. The molecule has 2 aromatic carbocycles. The normalized spacial score (nSPS) is 12.0. The average molecular weight is 456 g/mol. The highest BCUT2D eigenvalue weighted by atomic mass is 32.5. The topological polar surface area (TPSA) is 52.5 Å². The van der Waals surface area contributed by atoms with Crippen molar-refractivity contribution in [1.82, 2.24) is 0 Å². The number of hydrogen-bond acceptors (Lipinski definition) is 6. The Bertz CT molecular complexity index is 817. The van der Waals surface area contributed by atoms with Gasteiger partial charge in [0.15, 0.2) is 0 Å². The predicted molar refractivity (Wildman–Crippen MR) is 125 cm³/mol. The molecule has 0 fully saturated rings. The second kappa shape index (κ2) is 12.0. The zero-order chi connectivity index (χ0) is 21.2. The lowest BCUT2D eigenvalue weighted by Gasteiger charge is -2.41. The van der Waals surface area contributed by atoms with E-state index in [1.54, 1.807) is 0 Å². The summed E-state index contributed by atoms with van der Waals surface area (Å²) in [6, 6.07) is 19.4. The lowest BCUT2D eigenvalue weighted by atomic mass is 10.3. The summed E-state index contributed by atoms with van der Waals surface area (Å²) >= 11 is 6.00. The van der Waals surface area contributed by atoms with E-state index >= 15 is 0 Å². The van der Waals surface area contributed by atoms with Gasteiger partial charge in [-0.3, -0.25) is 0 Å². The van der Waals surface area contributed by atoms with Crippen molar-refractivity contribution in [1.29, 1.82) is 0 Å². The number of anilines is 1. The van der Waals surface area contributed by atoms with Crippen LogP contribution in [0.25, 0.3) is 0 Å². The summed E-state index contributed by atoms with van der Waals surface area (Å²) in [5.74, 6) is 0. The van der Waals surface area contributed by atoms with Crippen LogP contribution < -0.4 is 4.44 Å². The second-order valence-electron chi connectivity index (χ2n) is 5.69. The van der Waals surface area contributed by atoms with Gasteiger partial charge >= 0.3 is 7.66 Å². The van der Waals surface area contributed by atoms with Gasteiger partial charge in [-0.05, 0) is 63.8 Å². The van der Waals surface area contributed by atoms with Gasteiger partial charge in [-0.15, -0.1) is 0 Å². The van der Waals surface area contributed by atoms with Crippen LogP contribution in [0.15, 0.2) is 65.4 Å². The quantitative estimate of drug-likeness (QED) is 0.316. The largest absolute Gasteiger partial charge is 0.329 e. The summed E-state index contributed by atoms with van der Waals surface area (Å²) in [6.45, 7) is 6.27. The van der Waals surface area contributed by atoms with E-state index in [4.69, 9.17) is 34.6 Å². The first-order valence-corrected chi connectivity index (χ1v) is 13.9. The Hall–Kier alpha value is -1.04. The predicted octanol–water partition coefficient (Wildman–Crippen LogP) is 7.14.